The third-order valence-corrected chi connectivity index (χ3v) is 5.98. The van der Waals surface area contributed by atoms with Crippen LogP contribution in [-0.2, 0) is 13.1 Å². The van der Waals surface area contributed by atoms with E-state index in [4.69, 9.17) is 9.47 Å². The second kappa shape index (κ2) is 8.54. The maximum atomic E-state index is 13.1. The zero-order chi connectivity index (χ0) is 23.0. The Labute approximate surface area is 186 Å². The van der Waals surface area contributed by atoms with Gasteiger partial charge < -0.3 is 18.6 Å². The van der Waals surface area contributed by atoms with Gasteiger partial charge in [0.2, 0.25) is 0 Å². The molecule has 4 rings (SSSR count). The lowest BCUT2D eigenvalue weighted by molar-refractivity contribution is 0.414. The molecule has 0 fully saturated rings. The fourth-order valence-corrected chi connectivity index (χ4v) is 4.39. The minimum absolute atomic E-state index is 0.0637. The van der Waals surface area contributed by atoms with Gasteiger partial charge in [-0.1, -0.05) is 19.1 Å². The van der Waals surface area contributed by atoms with Crippen LogP contribution >= 0.6 is 0 Å². The van der Waals surface area contributed by atoms with E-state index in [1.807, 2.05) is 45.0 Å². The fourth-order valence-electron chi connectivity index (χ4n) is 4.39. The quantitative estimate of drug-likeness (QED) is 0.424. The largest absolute Gasteiger partial charge is 0.497 e. The molecule has 0 bridgehead atoms. The zero-order valence-electron chi connectivity index (χ0n) is 19.2. The molecular formula is C26H28N2O4. The van der Waals surface area contributed by atoms with Crippen LogP contribution < -0.4 is 20.6 Å². The number of benzene rings is 2. The van der Waals surface area contributed by atoms with Gasteiger partial charge in [0.1, 0.15) is 5.75 Å². The second-order valence-electron chi connectivity index (χ2n) is 8.12. The molecule has 4 aromatic rings. The molecule has 6 nitrogen and oxygen atoms in total. The lowest BCUT2D eigenvalue weighted by Gasteiger charge is -2.20. The number of pyridine rings is 2. The summed E-state index contributed by atoms with van der Waals surface area (Å²) in [4.78, 5) is 26.0. The van der Waals surface area contributed by atoms with Crippen LogP contribution in [0.2, 0.25) is 0 Å². The number of fused-ring (bicyclic) bond motifs is 2. The molecule has 166 valence electrons. The Morgan fingerprint density at radius 2 is 1.34 bits per heavy atom. The Kier molecular flexibility index (Phi) is 5.78. The van der Waals surface area contributed by atoms with Gasteiger partial charge in [0.15, 0.2) is 5.75 Å². The average molecular weight is 433 g/mol. The molecule has 2 aromatic heterocycles. The molecule has 0 aliphatic carbocycles. The summed E-state index contributed by atoms with van der Waals surface area (Å²) in [6.45, 7) is 6.87. The van der Waals surface area contributed by atoms with E-state index in [9.17, 15) is 9.59 Å². The van der Waals surface area contributed by atoms with Crippen molar-refractivity contribution in [2.45, 2.75) is 40.3 Å². The Hall–Kier alpha value is -3.54. The first-order valence-electron chi connectivity index (χ1n) is 10.8. The van der Waals surface area contributed by atoms with Crippen molar-refractivity contribution in [2.24, 2.45) is 0 Å². The van der Waals surface area contributed by atoms with E-state index in [0.29, 0.717) is 24.4 Å². The first-order chi connectivity index (χ1) is 15.4. The standard InChI is InChI=1S/C26H28N2O4/c1-6-11-27-22(29)12-16(2)20-14-21-17(3)13-23(30)28(25(21)26(32-5)24(20)27)15-18-7-9-19(31-4)10-8-18/h7-10,12-14H,6,11,15H2,1-5H3. The predicted molar refractivity (Wildman–Crippen MR) is 128 cm³/mol. The summed E-state index contributed by atoms with van der Waals surface area (Å²) in [6.07, 6.45) is 0.811. The van der Waals surface area contributed by atoms with Crippen molar-refractivity contribution in [3.05, 3.63) is 79.9 Å². The van der Waals surface area contributed by atoms with Gasteiger partial charge >= 0.3 is 0 Å². The van der Waals surface area contributed by atoms with Gasteiger partial charge in [0.25, 0.3) is 11.1 Å². The van der Waals surface area contributed by atoms with Gasteiger partial charge in [-0.25, -0.2) is 0 Å². The van der Waals surface area contributed by atoms with Gasteiger partial charge in [-0.2, -0.15) is 0 Å². The predicted octanol–water partition coefficient (Wildman–Crippen LogP) is 4.41. The van der Waals surface area contributed by atoms with Crippen molar-refractivity contribution in [1.82, 2.24) is 9.13 Å². The summed E-state index contributed by atoms with van der Waals surface area (Å²) >= 11 is 0. The Morgan fingerprint density at radius 1 is 0.781 bits per heavy atom. The van der Waals surface area contributed by atoms with Crippen LogP contribution in [0.4, 0.5) is 0 Å². The monoisotopic (exact) mass is 432 g/mol. The highest BCUT2D eigenvalue weighted by molar-refractivity contribution is 6.04. The van der Waals surface area contributed by atoms with Gasteiger partial charge in [-0.3, -0.25) is 9.59 Å². The van der Waals surface area contributed by atoms with Gasteiger partial charge in [-0.05, 0) is 55.2 Å². The van der Waals surface area contributed by atoms with Crippen molar-refractivity contribution in [1.29, 1.82) is 0 Å². The Bertz CT molecular complexity index is 1430. The average Bonchev–Trinajstić information content (AvgIpc) is 2.78. The van der Waals surface area contributed by atoms with E-state index in [0.717, 1.165) is 45.1 Å². The van der Waals surface area contributed by atoms with E-state index in [1.54, 1.807) is 35.5 Å². The second-order valence-corrected chi connectivity index (χ2v) is 8.12. The summed E-state index contributed by atoms with van der Waals surface area (Å²) < 4.78 is 14.7. The molecule has 0 radical (unpaired) electrons. The molecule has 2 aromatic carbocycles. The molecule has 6 heteroatoms. The van der Waals surface area contributed by atoms with Crippen molar-refractivity contribution in [3.8, 4) is 11.5 Å². The summed E-state index contributed by atoms with van der Waals surface area (Å²) in [6, 6.07) is 13.1. The highest BCUT2D eigenvalue weighted by atomic mass is 16.5. The van der Waals surface area contributed by atoms with E-state index in [1.165, 1.54) is 0 Å². The number of aryl methyl sites for hydroxylation is 3. The minimum atomic E-state index is -0.111. The van der Waals surface area contributed by atoms with E-state index in [-0.39, 0.29) is 11.1 Å². The highest BCUT2D eigenvalue weighted by Crippen LogP contribution is 2.36. The minimum Gasteiger partial charge on any atom is -0.497 e. The summed E-state index contributed by atoms with van der Waals surface area (Å²) in [5, 5.41) is 1.90. The zero-order valence-corrected chi connectivity index (χ0v) is 19.2. The Morgan fingerprint density at radius 3 is 1.88 bits per heavy atom. The van der Waals surface area contributed by atoms with E-state index >= 15 is 0 Å². The molecular weight excluding hydrogens is 404 g/mol. The number of methoxy groups -OCH3 is 2. The molecule has 0 spiro atoms. The lowest BCUT2D eigenvalue weighted by atomic mass is 10.0. The number of hydrogen-bond donors (Lipinski definition) is 0. The fraction of sp³-hybridized carbons (Fsp3) is 0.308. The summed E-state index contributed by atoms with van der Waals surface area (Å²) in [5.41, 5.74) is 4.01. The van der Waals surface area contributed by atoms with Crippen LogP contribution in [-0.4, -0.2) is 23.4 Å². The van der Waals surface area contributed by atoms with Crippen LogP contribution in [0, 0.1) is 13.8 Å². The molecule has 2 heterocycles. The van der Waals surface area contributed by atoms with Crippen LogP contribution in [0.25, 0.3) is 21.8 Å². The van der Waals surface area contributed by atoms with E-state index < -0.39 is 0 Å². The molecule has 0 saturated heterocycles. The Balaban J connectivity index is 2.12. The lowest BCUT2D eigenvalue weighted by Crippen LogP contribution is -2.24. The van der Waals surface area contributed by atoms with Gasteiger partial charge in [-0.15, -0.1) is 0 Å². The topological polar surface area (TPSA) is 62.5 Å². The highest BCUT2D eigenvalue weighted by Gasteiger charge is 2.20. The van der Waals surface area contributed by atoms with Crippen molar-refractivity contribution in [2.75, 3.05) is 14.2 Å². The van der Waals surface area contributed by atoms with Crippen molar-refractivity contribution in [3.63, 3.8) is 0 Å². The van der Waals surface area contributed by atoms with Crippen LogP contribution in [0.1, 0.15) is 30.0 Å². The molecule has 0 N–H and O–H groups in total. The number of ether oxygens (including phenoxy) is 2. The number of hydrogen-bond acceptors (Lipinski definition) is 4. The molecule has 0 unspecified atom stereocenters. The maximum Gasteiger partial charge on any atom is 0.251 e. The van der Waals surface area contributed by atoms with Crippen molar-refractivity contribution >= 4 is 21.8 Å². The van der Waals surface area contributed by atoms with Crippen molar-refractivity contribution < 1.29 is 9.47 Å². The van der Waals surface area contributed by atoms with Gasteiger partial charge in [0, 0.05) is 29.4 Å². The van der Waals surface area contributed by atoms with Crippen LogP contribution in [0.3, 0.4) is 0 Å². The first kappa shape index (κ1) is 21.7. The normalized spacial score (nSPS) is 11.3. The SMILES string of the molecule is CCCn1c(=O)cc(C)c2cc3c(C)cc(=O)n(Cc4ccc(OC)cc4)c3c(OC)c21. The molecule has 0 atom stereocenters. The number of nitrogens with zero attached hydrogens (tertiary/aromatic N) is 2. The molecule has 0 saturated carbocycles. The third kappa shape index (κ3) is 3.55. The molecule has 0 aliphatic heterocycles. The molecule has 0 amide bonds. The number of rotatable bonds is 6. The molecule has 0 aliphatic rings. The molecule has 32 heavy (non-hydrogen) atoms. The summed E-state index contributed by atoms with van der Waals surface area (Å²) in [5.74, 6) is 1.32. The maximum absolute atomic E-state index is 13.1. The summed E-state index contributed by atoms with van der Waals surface area (Å²) in [7, 11) is 3.22. The van der Waals surface area contributed by atoms with Crippen LogP contribution in [0.15, 0.2) is 52.1 Å². The van der Waals surface area contributed by atoms with Crippen LogP contribution in [0.5, 0.6) is 11.5 Å². The van der Waals surface area contributed by atoms with E-state index in [2.05, 4.69) is 6.07 Å². The third-order valence-electron chi connectivity index (χ3n) is 5.98. The smallest absolute Gasteiger partial charge is 0.251 e. The number of aromatic nitrogens is 2. The first-order valence-corrected chi connectivity index (χ1v) is 10.8. The van der Waals surface area contributed by atoms with Gasteiger partial charge in [0.05, 0.1) is 31.8 Å².